The van der Waals surface area contributed by atoms with E-state index in [-0.39, 0.29) is 55.1 Å². The molecule has 1 aromatic rings. The van der Waals surface area contributed by atoms with Crippen LogP contribution in [0.1, 0.15) is 65.0 Å². The van der Waals surface area contributed by atoms with E-state index in [0.29, 0.717) is 18.4 Å². The van der Waals surface area contributed by atoms with E-state index in [1.807, 2.05) is 51.1 Å². The van der Waals surface area contributed by atoms with Gasteiger partial charge in [-0.2, -0.15) is 0 Å². The fourth-order valence-corrected chi connectivity index (χ4v) is 8.01. The lowest BCUT2D eigenvalue weighted by molar-refractivity contribution is -0.162. The molecule has 0 aliphatic carbocycles. The minimum Gasteiger partial charge on any atom is -0.455 e. The van der Waals surface area contributed by atoms with Gasteiger partial charge in [-0.05, 0) is 52.5 Å². The van der Waals surface area contributed by atoms with Gasteiger partial charge < -0.3 is 29.7 Å². The molecule has 0 aromatic heterocycles. The molecule has 3 saturated heterocycles. The van der Waals surface area contributed by atoms with Crippen LogP contribution in [0.2, 0.25) is 0 Å². The Kier molecular flexibility index (Phi) is 11.0. The Morgan fingerprint density at radius 2 is 1.93 bits per heavy atom. The average molecular weight is 689 g/mol. The minimum atomic E-state index is -1.26. The second-order valence-electron chi connectivity index (χ2n) is 13.1. The second-order valence-corrected chi connectivity index (χ2v) is 14.3. The number of carbonyl (C=O) groups excluding carboxylic acids is 4. The van der Waals surface area contributed by atoms with Crippen LogP contribution in [0.15, 0.2) is 55.6 Å². The highest BCUT2D eigenvalue weighted by molar-refractivity contribution is 9.09. The fourth-order valence-electron chi connectivity index (χ4n) is 7.07. The van der Waals surface area contributed by atoms with Crippen molar-refractivity contribution in [1.29, 1.82) is 0 Å². The number of hydrogen-bond acceptors (Lipinski definition) is 7. The Balaban J connectivity index is 1.70. The first-order valence-corrected chi connectivity index (χ1v) is 16.5. The Bertz CT molecular complexity index is 1280. The number of allylic oxidation sites excluding steroid dienone is 1. The summed E-state index contributed by atoms with van der Waals surface area (Å²) in [7, 11) is 0. The summed E-state index contributed by atoms with van der Waals surface area (Å²) >= 11 is 3.70. The number of fused-ring (bicyclic) bond motifs is 1. The predicted octanol–water partition coefficient (Wildman–Crippen LogP) is 3.69. The second kappa shape index (κ2) is 14.2. The number of alkyl halides is 1. The number of amides is 3. The van der Waals surface area contributed by atoms with Crippen molar-refractivity contribution in [3.8, 4) is 0 Å². The van der Waals surface area contributed by atoms with Crippen LogP contribution in [0.5, 0.6) is 0 Å². The van der Waals surface area contributed by atoms with Crippen LogP contribution >= 0.6 is 15.9 Å². The number of likely N-dealkylation sites (tertiary alicyclic amines) is 1. The smallest absolute Gasteiger partial charge is 0.313 e. The molecular formula is C34H46BrN3O7. The largest absolute Gasteiger partial charge is 0.455 e. The van der Waals surface area contributed by atoms with Crippen LogP contribution in [-0.2, 0) is 28.7 Å². The van der Waals surface area contributed by atoms with E-state index < -0.39 is 53.2 Å². The summed E-state index contributed by atoms with van der Waals surface area (Å²) in [5, 5.41) is 12.6. The highest BCUT2D eigenvalue weighted by Crippen LogP contribution is 2.60. The molecule has 4 rings (SSSR count). The van der Waals surface area contributed by atoms with Crippen molar-refractivity contribution in [3.05, 3.63) is 61.2 Å². The molecule has 3 aliphatic rings. The van der Waals surface area contributed by atoms with E-state index in [1.54, 1.807) is 24.0 Å². The monoisotopic (exact) mass is 687 g/mol. The van der Waals surface area contributed by atoms with E-state index in [4.69, 9.17) is 9.47 Å². The highest BCUT2D eigenvalue weighted by Gasteiger charge is 2.77. The summed E-state index contributed by atoms with van der Waals surface area (Å²) in [6, 6.07) is 7.58. The first-order chi connectivity index (χ1) is 21.3. The maximum atomic E-state index is 14.4. The zero-order chi connectivity index (χ0) is 33.1. The number of esters is 1. The maximum Gasteiger partial charge on any atom is 0.313 e. The molecule has 1 unspecified atom stereocenters. The van der Waals surface area contributed by atoms with Crippen LogP contribution < -0.4 is 5.32 Å². The Labute approximate surface area is 274 Å². The van der Waals surface area contributed by atoms with Gasteiger partial charge in [-0.3, -0.25) is 19.2 Å². The molecule has 3 amide bonds. The van der Waals surface area contributed by atoms with Gasteiger partial charge >= 0.3 is 5.97 Å². The van der Waals surface area contributed by atoms with Crippen LogP contribution in [0, 0.1) is 11.8 Å². The average Bonchev–Trinajstić information content (AvgIpc) is 3.58. The number of nitrogens with zero attached hydrogens (tertiary/aromatic N) is 2. The summed E-state index contributed by atoms with van der Waals surface area (Å²) in [4.78, 5) is 58.4. The van der Waals surface area contributed by atoms with Crippen molar-refractivity contribution in [2.24, 2.45) is 11.8 Å². The molecule has 45 heavy (non-hydrogen) atoms. The van der Waals surface area contributed by atoms with Gasteiger partial charge in [0.2, 0.25) is 17.7 Å². The SMILES string of the molecule is C=CCCC(=O)N[C@H](C)[C@@H](OC(=O)[C@@H]1[C@H]2O[C@@]3(CC2Br)[C@H](C(=O)N(CC=C)C(C)(C)C)N(CCCO)C(=O)[C@@H]13)c1ccccc1. The molecule has 0 saturated carbocycles. The normalized spacial score (nSPS) is 28.3. The zero-order valence-electron chi connectivity index (χ0n) is 26.6. The van der Waals surface area contributed by atoms with Gasteiger partial charge in [0.15, 0.2) is 0 Å². The third-order valence-electron chi connectivity index (χ3n) is 9.03. The summed E-state index contributed by atoms with van der Waals surface area (Å²) < 4.78 is 12.8. The number of rotatable bonds is 14. The molecule has 3 heterocycles. The van der Waals surface area contributed by atoms with Crippen LogP contribution in [-0.4, -0.2) is 92.4 Å². The number of aliphatic hydroxyl groups excluding tert-OH is 1. The molecule has 8 atom stereocenters. The number of ether oxygens (including phenoxy) is 2. The van der Waals surface area contributed by atoms with Crippen molar-refractivity contribution in [2.75, 3.05) is 19.7 Å². The van der Waals surface area contributed by atoms with Crippen molar-refractivity contribution in [3.63, 3.8) is 0 Å². The maximum absolute atomic E-state index is 14.4. The zero-order valence-corrected chi connectivity index (χ0v) is 28.2. The van der Waals surface area contributed by atoms with Gasteiger partial charge in [-0.15, -0.1) is 13.2 Å². The minimum absolute atomic E-state index is 0.138. The number of aliphatic hydroxyl groups is 1. The van der Waals surface area contributed by atoms with Crippen molar-refractivity contribution in [2.45, 2.75) is 93.6 Å². The number of carbonyl (C=O) groups is 4. The molecule has 0 radical (unpaired) electrons. The van der Waals surface area contributed by atoms with Gasteiger partial charge in [0, 0.05) is 36.5 Å². The molecule has 3 fully saturated rings. The topological polar surface area (TPSA) is 125 Å². The Hall–Kier alpha value is -3.02. The molecular weight excluding hydrogens is 642 g/mol. The quantitative estimate of drug-likeness (QED) is 0.174. The molecule has 11 heteroatoms. The lowest BCUT2D eigenvalue weighted by atomic mass is 9.70. The van der Waals surface area contributed by atoms with E-state index in [9.17, 15) is 24.3 Å². The summed E-state index contributed by atoms with van der Waals surface area (Å²) in [5.74, 6) is -3.40. The number of halogens is 1. The predicted molar refractivity (Wildman–Crippen MR) is 173 cm³/mol. The molecule has 2 N–H and O–H groups in total. The van der Waals surface area contributed by atoms with E-state index in [1.165, 1.54) is 4.90 Å². The van der Waals surface area contributed by atoms with Gasteiger partial charge in [-0.1, -0.05) is 58.4 Å². The summed E-state index contributed by atoms with van der Waals surface area (Å²) in [6.07, 6.45) is 3.17. The lowest BCUT2D eigenvalue weighted by Gasteiger charge is -2.42. The van der Waals surface area contributed by atoms with Crippen LogP contribution in [0.25, 0.3) is 0 Å². The van der Waals surface area contributed by atoms with Crippen molar-refractivity contribution >= 4 is 39.6 Å². The third-order valence-corrected chi connectivity index (χ3v) is 9.87. The number of nitrogens with one attached hydrogen (secondary N) is 1. The van der Waals surface area contributed by atoms with Crippen molar-refractivity contribution < 1.29 is 33.8 Å². The molecule has 246 valence electrons. The fraction of sp³-hybridized carbons (Fsp3) is 0.588. The van der Waals surface area contributed by atoms with E-state index >= 15 is 0 Å². The summed E-state index contributed by atoms with van der Waals surface area (Å²) in [6.45, 7) is 15.3. The first kappa shape index (κ1) is 34.8. The van der Waals surface area contributed by atoms with Gasteiger partial charge in [0.25, 0.3) is 0 Å². The van der Waals surface area contributed by atoms with Gasteiger partial charge in [0.1, 0.15) is 17.7 Å². The van der Waals surface area contributed by atoms with Gasteiger partial charge in [0.05, 0.1) is 24.0 Å². The highest BCUT2D eigenvalue weighted by atomic mass is 79.9. The molecule has 1 aromatic carbocycles. The number of benzene rings is 1. The van der Waals surface area contributed by atoms with Crippen molar-refractivity contribution in [1.82, 2.24) is 15.1 Å². The third kappa shape index (κ3) is 6.76. The van der Waals surface area contributed by atoms with Crippen LogP contribution in [0.4, 0.5) is 0 Å². The number of hydrogen-bond donors (Lipinski definition) is 2. The van der Waals surface area contributed by atoms with E-state index in [0.717, 1.165) is 0 Å². The molecule has 2 bridgehead atoms. The molecule has 3 aliphatic heterocycles. The van der Waals surface area contributed by atoms with E-state index in [2.05, 4.69) is 34.4 Å². The van der Waals surface area contributed by atoms with Crippen LogP contribution in [0.3, 0.4) is 0 Å². The molecule has 1 spiro atoms. The summed E-state index contributed by atoms with van der Waals surface area (Å²) in [5.41, 5.74) is -1.15. The molecule has 10 nitrogen and oxygen atoms in total. The van der Waals surface area contributed by atoms with Gasteiger partial charge in [-0.25, -0.2) is 0 Å². The first-order valence-electron chi connectivity index (χ1n) is 15.6. The lowest BCUT2D eigenvalue weighted by Crippen LogP contribution is -2.60. The Morgan fingerprint density at radius 1 is 1.24 bits per heavy atom. The Morgan fingerprint density at radius 3 is 2.53 bits per heavy atom. The standard InChI is InChI=1S/C34H46BrN3O7/c1-7-9-16-24(40)36-21(3)27(22-14-11-10-12-15-22)44-32(43)25-26-30(41)37(18-13-19-39)29(34(26)20-23(35)28(25)45-34)31(42)38(17-8-2)33(4,5)6/h7-8,10-12,14-15,21,23,25-29,39H,1-2,9,13,16-20H2,3-6H3,(H,36,40)/t21-,23?,25+,26-,27-,28+,29+,34-/m1/s1.